The second-order valence-electron chi connectivity index (χ2n) is 12.6. The van der Waals surface area contributed by atoms with E-state index in [-0.39, 0.29) is 11.5 Å². The number of nitrogens with one attached hydrogen (secondary N) is 1. The zero-order valence-corrected chi connectivity index (χ0v) is 25.2. The second kappa shape index (κ2) is 12.4. The first-order chi connectivity index (χ1) is 20.4. The summed E-state index contributed by atoms with van der Waals surface area (Å²) in [5.74, 6) is 0.0407. The Bertz CT molecular complexity index is 1500. The standard InChI is InChI=1S/C33H38FN5.C3H6/c1-20-18-36-22(3)27-13-11-25(17-29(20)27)31-33(35)38-32(34)30(37-31)24-12-14-28(23-9-5-4-6-10-23)26(16-24)19-39-15-7-8-21(39)2;1-2-3-1/h11-14,16-18,21,23,36H,3-10,15,19H2,1-2H3,(H2,35,38);1-3H2. The molecule has 1 atom stereocenters. The maximum absolute atomic E-state index is 15.4. The fourth-order valence-corrected chi connectivity index (χ4v) is 6.60. The number of benzene rings is 2. The van der Waals surface area contributed by atoms with Crippen LogP contribution in [0.1, 0.15) is 106 Å². The largest absolute Gasteiger partial charge is 0.382 e. The summed E-state index contributed by atoms with van der Waals surface area (Å²) in [4.78, 5) is 11.5. The van der Waals surface area contributed by atoms with E-state index in [1.54, 1.807) is 0 Å². The van der Waals surface area contributed by atoms with Gasteiger partial charge in [-0.15, -0.1) is 0 Å². The minimum Gasteiger partial charge on any atom is -0.382 e. The second-order valence-corrected chi connectivity index (χ2v) is 12.6. The van der Waals surface area contributed by atoms with Gasteiger partial charge in [0.25, 0.3) is 0 Å². The normalized spacial score (nSPS) is 20.3. The molecule has 1 aromatic heterocycles. The zero-order chi connectivity index (χ0) is 29.2. The highest BCUT2D eigenvalue weighted by molar-refractivity contribution is 5.86. The van der Waals surface area contributed by atoms with Crippen molar-refractivity contribution >= 4 is 17.1 Å². The third-order valence-electron chi connectivity index (χ3n) is 9.27. The maximum atomic E-state index is 15.4. The quantitative estimate of drug-likeness (QED) is 0.324. The molecule has 3 heterocycles. The average molecular weight is 566 g/mol. The molecule has 1 unspecified atom stereocenters. The summed E-state index contributed by atoms with van der Waals surface area (Å²) in [7, 11) is 0. The number of fused-ring (bicyclic) bond motifs is 1. The van der Waals surface area contributed by atoms with Gasteiger partial charge < -0.3 is 11.1 Å². The predicted octanol–water partition coefficient (Wildman–Crippen LogP) is 8.67. The maximum Gasteiger partial charge on any atom is 0.241 e. The van der Waals surface area contributed by atoms with Crippen molar-refractivity contribution in [2.45, 2.75) is 96.6 Å². The van der Waals surface area contributed by atoms with E-state index >= 15 is 4.39 Å². The van der Waals surface area contributed by atoms with Gasteiger partial charge in [-0.2, -0.15) is 9.37 Å². The van der Waals surface area contributed by atoms with E-state index in [0.717, 1.165) is 46.6 Å². The van der Waals surface area contributed by atoms with Crippen LogP contribution in [0.15, 0.2) is 49.2 Å². The van der Waals surface area contributed by atoms with Gasteiger partial charge in [-0.05, 0) is 86.4 Å². The highest BCUT2D eigenvalue weighted by Gasteiger charge is 2.25. The Kier molecular flexibility index (Phi) is 8.43. The highest BCUT2D eigenvalue weighted by Crippen LogP contribution is 2.38. The SMILES string of the molecule is C1CC1.C=C1NC=C(C)c2cc(-c3nc(-c4ccc(C5CCCCC5)c(CN5CCCC5C)c4)c(F)nc3N)ccc21. The molecule has 1 saturated heterocycles. The van der Waals surface area contributed by atoms with Crippen LogP contribution < -0.4 is 11.1 Å². The van der Waals surface area contributed by atoms with E-state index in [1.165, 1.54) is 75.3 Å². The molecule has 3 aromatic rings. The molecular weight excluding hydrogens is 521 g/mol. The van der Waals surface area contributed by atoms with Crippen molar-refractivity contribution in [1.82, 2.24) is 20.2 Å². The van der Waals surface area contributed by atoms with Crippen LogP contribution in [0.3, 0.4) is 0 Å². The molecule has 3 fully saturated rings. The van der Waals surface area contributed by atoms with Crippen LogP contribution in [-0.4, -0.2) is 27.5 Å². The molecule has 6 heteroatoms. The number of halogens is 1. The summed E-state index contributed by atoms with van der Waals surface area (Å²) in [6.07, 6.45) is 15.3. The van der Waals surface area contributed by atoms with E-state index in [2.05, 4.69) is 40.8 Å². The zero-order valence-electron chi connectivity index (χ0n) is 25.2. The summed E-state index contributed by atoms with van der Waals surface area (Å²) >= 11 is 0. The van der Waals surface area contributed by atoms with Crippen LogP contribution in [0, 0.1) is 5.95 Å². The van der Waals surface area contributed by atoms with Crippen molar-refractivity contribution in [1.29, 1.82) is 0 Å². The van der Waals surface area contributed by atoms with E-state index in [0.29, 0.717) is 17.7 Å². The Labute approximate surface area is 250 Å². The lowest BCUT2D eigenvalue weighted by Crippen LogP contribution is -2.27. The van der Waals surface area contributed by atoms with Gasteiger partial charge in [0.05, 0.1) is 0 Å². The number of likely N-dealkylation sites (tertiary alicyclic amines) is 1. The van der Waals surface area contributed by atoms with Gasteiger partial charge in [-0.1, -0.05) is 69.4 Å². The van der Waals surface area contributed by atoms with Crippen LogP contribution in [0.25, 0.3) is 33.8 Å². The molecule has 4 aliphatic rings. The van der Waals surface area contributed by atoms with Crippen LogP contribution >= 0.6 is 0 Å². The molecule has 0 bridgehead atoms. The minimum absolute atomic E-state index is 0.0931. The molecule has 0 spiro atoms. The molecule has 5 nitrogen and oxygen atoms in total. The highest BCUT2D eigenvalue weighted by atomic mass is 19.1. The summed E-state index contributed by atoms with van der Waals surface area (Å²) in [6.45, 7) is 10.5. The number of anilines is 1. The van der Waals surface area contributed by atoms with Crippen LogP contribution in [0.2, 0.25) is 0 Å². The van der Waals surface area contributed by atoms with Crippen molar-refractivity contribution in [2.75, 3.05) is 12.3 Å². The summed E-state index contributed by atoms with van der Waals surface area (Å²) in [6, 6.07) is 13.0. The van der Waals surface area contributed by atoms with Crippen LogP contribution in [-0.2, 0) is 6.54 Å². The third-order valence-corrected chi connectivity index (χ3v) is 9.27. The predicted molar refractivity (Wildman–Crippen MR) is 172 cm³/mol. The van der Waals surface area contributed by atoms with Crippen molar-refractivity contribution in [3.8, 4) is 22.5 Å². The molecule has 0 radical (unpaired) electrons. The Hall–Kier alpha value is -3.51. The molecular formula is C36H44FN5. The Morgan fingerprint density at radius 1 is 0.905 bits per heavy atom. The molecule has 220 valence electrons. The number of aromatic nitrogens is 2. The molecule has 2 aliphatic heterocycles. The lowest BCUT2D eigenvalue weighted by atomic mass is 9.81. The molecule has 42 heavy (non-hydrogen) atoms. The number of nitrogens with two attached hydrogens (primary N) is 1. The number of nitrogens with zero attached hydrogens (tertiary/aromatic N) is 3. The van der Waals surface area contributed by atoms with Crippen LogP contribution in [0.5, 0.6) is 0 Å². The van der Waals surface area contributed by atoms with E-state index in [1.807, 2.05) is 37.4 Å². The summed E-state index contributed by atoms with van der Waals surface area (Å²) in [5.41, 5.74) is 15.3. The number of hydrogen-bond donors (Lipinski definition) is 2. The fourth-order valence-electron chi connectivity index (χ4n) is 6.60. The molecule has 2 aliphatic carbocycles. The molecule has 2 aromatic carbocycles. The molecule has 3 N–H and O–H groups in total. The number of rotatable bonds is 5. The van der Waals surface area contributed by atoms with Crippen LogP contribution in [0.4, 0.5) is 10.2 Å². The van der Waals surface area contributed by atoms with Crippen molar-refractivity contribution < 1.29 is 4.39 Å². The minimum atomic E-state index is -0.631. The van der Waals surface area contributed by atoms with Gasteiger partial charge in [0, 0.05) is 41.2 Å². The van der Waals surface area contributed by atoms with E-state index < -0.39 is 5.95 Å². The average Bonchev–Trinajstić information content (AvgIpc) is 3.84. The van der Waals surface area contributed by atoms with E-state index in [4.69, 9.17) is 10.7 Å². The Morgan fingerprint density at radius 3 is 2.33 bits per heavy atom. The lowest BCUT2D eigenvalue weighted by Gasteiger charge is -2.28. The molecule has 0 amide bonds. The monoisotopic (exact) mass is 565 g/mol. The number of allylic oxidation sites excluding steroid dienone is 1. The van der Waals surface area contributed by atoms with Crippen molar-refractivity contribution in [3.63, 3.8) is 0 Å². The first-order valence-corrected chi connectivity index (χ1v) is 15.9. The number of nitrogen functional groups attached to an aromatic ring is 1. The van der Waals surface area contributed by atoms with Gasteiger partial charge in [-0.3, -0.25) is 4.90 Å². The van der Waals surface area contributed by atoms with Gasteiger partial charge in [-0.25, -0.2) is 4.98 Å². The smallest absolute Gasteiger partial charge is 0.241 e. The van der Waals surface area contributed by atoms with E-state index in [9.17, 15) is 0 Å². The van der Waals surface area contributed by atoms with Crippen molar-refractivity contribution in [3.05, 3.63) is 77.4 Å². The first-order valence-electron chi connectivity index (χ1n) is 15.9. The van der Waals surface area contributed by atoms with Gasteiger partial charge in [0.15, 0.2) is 5.82 Å². The Balaban J connectivity index is 0.000000990. The third kappa shape index (κ3) is 6.14. The number of hydrogen-bond acceptors (Lipinski definition) is 5. The summed E-state index contributed by atoms with van der Waals surface area (Å²) < 4.78 is 15.4. The van der Waals surface area contributed by atoms with Gasteiger partial charge in [0.2, 0.25) is 5.95 Å². The lowest BCUT2D eigenvalue weighted by molar-refractivity contribution is 0.258. The topological polar surface area (TPSA) is 67.1 Å². The molecule has 2 saturated carbocycles. The van der Waals surface area contributed by atoms with Crippen molar-refractivity contribution in [2.24, 2.45) is 0 Å². The Morgan fingerprint density at radius 2 is 1.62 bits per heavy atom. The van der Waals surface area contributed by atoms with Gasteiger partial charge >= 0.3 is 0 Å². The first kappa shape index (κ1) is 28.6. The fraction of sp³-hybridized carbons (Fsp3) is 0.444. The van der Waals surface area contributed by atoms with Gasteiger partial charge in [0.1, 0.15) is 11.4 Å². The summed E-state index contributed by atoms with van der Waals surface area (Å²) in [5, 5.41) is 3.20. The molecule has 7 rings (SSSR count).